The van der Waals surface area contributed by atoms with Crippen LogP contribution >= 0.6 is 0 Å². The monoisotopic (exact) mass is 493 g/mol. The van der Waals surface area contributed by atoms with Crippen LogP contribution in [0.15, 0.2) is 53.4 Å². The van der Waals surface area contributed by atoms with Crippen molar-refractivity contribution in [2.24, 2.45) is 0 Å². The topological polar surface area (TPSA) is 105 Å². The number of hydrogen-bond acceptors (Lipinski definition) is 8. The number of methoxy groups -OCH3 is 1. The highest BCUT2D eigenvalue weighted by atomic mass is 32.2. The highest BCUT2D eigenvalue weighted by molar-refractivity contribution is 7.90. The number of nitrogens with one attached hydrogen (secondary N) is 1. The zero-order valence-electron chi connectivity index (χ0n) is 19.9. The molecule has 182 valence electrons. The molecule has 1 N–H and O–H groups in total. The van der Waals surface area contributed by atoms with Crippen molar-refractivity contribution in [1.29, 1.82) is 0 Å². The number of aromatic nitrogens is 2. The number of sulfone groups is 1. The number of ether oxygens (including phenoxy) is 1. The molecule has 0 unspecified atom stereocenters. The normalized spacial score (nSPS) is 15.8. The third-order valence-electron chi connectivity index (χ3n) is 6.31. The summed E-state index contributed by atoms with van der Waals surface area (Å²) in [6, 6.07) is 14.4. The van der Waals surface area contributed by atoms with Crippen molar-refractivity contribution < 1.29 is 17.9 Å². The molecule has 2 aromatic heterocycles. The lowest BCUT2D eigenvalue weighted by molar-refractivity contribution is 0.0783. The lowest BCUT2D eigenvalue weighted by Gasteiger charge is -2.39. The third-order valence-corrected chi connectivity index (χ3v) is 7.47. The SMILES string of the molecule is COC1CN(c2cccc(Cc3cc(Nc4ccccc4S(C)(=O)=O)c4c(n3)CN(C)C4=O)n2)C1. The minimum atomic E-state index is -3.46. The average Bonchev–Trinajstić information content (AvgIpc) is 3.06. The first-order valence-corrected chi connectivity index (χ1v) is 13.2. The Morgan fingerprint density at radius 2 is 1.83 bits per heavy atom. The van der Waals surface area contributed by atoms with E-state index in [4.69, 9.17) is 14.7 Å². The van der Waals surface area contributed by atoms with Gasteiger partial charge in [0.25, 0.3) is 5.91 Å². The fourth-order valence-electron chi connectivity index (χ4n) is 4.42. The number of carbonyl (C=O) groups is 1. The van der Waals surface area contributed by atoms with Crippen molar-refractivity contribution in [1.82, 2.24) is 14.9 Å². The first-order chi connectivity index (χ1) is 16.7. The molecule has 0 radical (unpaired) electrons. The van der Waals surface area contributed by atoms with Crippen molar-refractivity contribution in [3.63, 3.8) is 0 Å². The quantitative estimate of drug-likeness (QED) is 0.536. The number of fused-ring (bicyclic) bond motifs is 1. The van der Waals surface area contributed by atoms with Crippen molar-refractivity contribution in [3.8, 4) is 0 Å². The van der Waals surface area contributed by atoms with Gasteiger partial charge >= 0.3 is 0 Å². The van der Waals surface area contributed by atoms with Crippen LogP contribution < -0.4 is 10.2 Å². The van der Waals surface area contributed by atoms with Crippen molar-refractivity contribution in [3.05, 3.63) is 71.2 Å². The van der Waals surface area contributed by atoms with E-state index in [1.165, 1.54) is 6.26 Å². The second-order valence-electron chi connectivity index (χ2n) is 8.96. The van der Waals surface area contributed by atoms with E-state index in [0.717, 1.165) is 30.3 Å². The second-order valence-corrected chi connectivity index (χ2v) is 10.9. The number of rotatable bonds is 7. The fourth-order valence-corrected chi connectivity index (χ4v) is 5.27. The summed E-state index contributed by atoms with van der Waals surface area (Å²) in [5.41, 5.74) is 3.69. The Morgan fingerprint density at radius 1 is 1.06 bits per heavy atom. The minimum absolute atomic E-state index is 0.149. The third kappa shape index (κ3) is 4.59. The van der Waals surface area contributed by atoms with Gasteiger partial charge in [0.05, 0.1) is 40.2 Å². The zero-order chi connectivity index (χ0) is 24.7. The first kappa shape index (κ1) is 23.3. The van der Waals surface area contributed by atoms with E-state index in [-0.39, 0.29) is 16.9 Å². The van der Waals surface area contributed by atoms with Gasteiger partial charge in [-0.15, -0.1) is 0 Å². The smallest absolute Gasteiger partial charge is 0.257 e. The Labute approximate surface area is 204 Å². The number of benzene rings is 1. The zero-order valence-corrected chi connectivity index (χ0v) is 20.7. The van der Waals surface area contributed by atoms with Crippen molar-refractivity contribution in [2.45, 2.75) is 24.0 Å². The van der Waals surface area contributed by atoms with Crippen LogP contribution in [0.1, 0.15) is 27.4 Å². The van der Waals surface area contributed by atoms with E-state index in [1.54, 1.807) is 43.3 Å². The molecule has 2 aliphatic heterocycles. The predicted molar refractivity (Wildman–Crippen MR) is 133 cm³/mol. The molecule has 1 aromatic carbocycles. The van der Waals surface area contributed by atoms with Crippen LogP contribution in [0.25, 0.3) is 0 Å². The Hall–Kier alpha value is -3.50. The maximum Gasteiger partial charge on any atom is 0.257 e. The van der Waals surface area contributed by atoms with Gasteiger partial charge < -0.3 is 19.9 Å². The summed E-state index contributed by atoms with van der Waals surface area (Å²) in [5, 5.41) is 3.21. The lowest BCUT2D eigenvalue weighted by atomic mass is 10.1. The van der Waals surface area contributed by atoms with E-state index in [0.29, 0.717) is 35.6 Å². The summed E-state index contributed by atoms with van der Waals surface area (Å²) in [7, 11) is -0.0223. The number of para-hydroxylation sites is 1. The molecule has 3 aromatic rings. The molecule has 0 aliphatic carbocycles. The number of carbonyl (C=O) groups excluding carboxylic acids is 1. The summed E-state index contributed by atoms with van der Waals surface area (Å²) in [5.74, 6) is 0.747. The van der Waals surface area contributed by atoms with Gasteiger partial charge in [-0.25, -0.2) is 13.4 Å². The first-order valence-electron chi connectivity index (χ1n) is 11.3. The van der Waals surface area contributed by atoms with E-state index in [1.807, 2.05) is 24.3 Å². The van der Waals surface area contributed by atoms with Crippen molar-refractivity contribution in [2.75, 3.05) is 43.7 Å². The molecule has 9 nitrogen and oxygen atoms in total. The van der Waals surface area contributed by atoms with Crippen molar-refractivity contribution >= 4 is 32.9 Å². The molecule has 35 heavy (non-hydrogen) atoms. The Balaban J connectivity index is 1.48. The molecule has 0 atom stereocenters. The average molecular weight is 494 g/mol. The number of amides is 1. The van der Waals surface area contributed by atoms with Crippen LogP contribution in [0.4, 0.5) is 17.2 Å². The van der Waals surface area contributed by atoms with E-state index in [2.05, 4.69) is 10.2 Å². The van der Waals surface area contributed by atoms with E-state index >= 15 is 0 Å². The fraction of sp³-hybridized carbons (Fsp3) is 0.320. The largest absolute Gasteiger partial charge is 0.378 e. The molecule has 2 aliphatic rings. The summed E-state index contributed by atoms with van der Waals surface area (Å²) >= 11 is 0. The van der Waals surface area contributed by atoms with E-state index < -0.39 is 9.84 Å². The van der Waals surface area contributed by atoms with Crippen LogP contribution in [-0.2, 0) is 27.5 Å². The minimum Gasteiger partial charge on any atom is -0.378 e. The Morgan fingerprint density at radius 3 is 2.57 bits per heavy atom. The van der Waals surface area contributed by atoms with Crippen LogP contribution in [0.2, 0.25) is 0 Å². The molecule has 1 fully saturated rings. The molecule has 0 bridgehead atoms. The standard InChI is InChI=1S/C25H27N5O4S/c1-29-15-21-24(25(29)31)20(28-19-8-4-5-9-22(19)35(3,32)33)12-17(26-21)11-16-7-6-10-23(27-16)30-13-18(14-30)34-2/h4-10,12,18H,11,13-15H2,1-3H3,(H,26,28). The maximum absolute atomic E-state index is 12.9. The summed E-state index contributed by atoms with van der Waals surface area (Å²) in [6.07, 6.45) is 1.88. The Bertz CT molecular complexity index is 1400. The van der Waals surface area contributed by atoms with Gasteiger partial charge in [0.1, 0.15) is 5.82 Å². The van der Waals surface area contributed by atoms with Gasteiger partial charge in [-0.3, -0.25) is 9.78 Å². The number of pyridine rings is 2. The molecule has 5 rings (SSSR count). The van der Waals surface area contributed by atoms with Gasteiger partial charge in [0, 0.05) is 51.3 Å². The van der Waals surface area contributed by atoms with Gasteiger partial charge in [0.2, 0.25) is 0 Å². The highest BCUT2D eigenvalue weighted by Crippen LogP contribution is 2.33. The molecule has 4 heterocycles. The molecular formula is C25H27N5O4S. The van der Waals surface area contributed by atoms with Crippen LogP contribution in [0, 0.1) is 0 Å². The number of hydrogen-bond donors (Lipinski definition) is 1. The highest BCUT2D eigenvalue weighted by Gasteiger charge is 2.31. The molecule has 0 spiro atoms. The van der Waals surface area contributed by atoms with Crippen LogP contribution in [-0.4, -0.2) is 68.8 Å². The van der Waals surface area contributed by atoms with Gasteiger partial charge in [0.15, 0.2) is 9.84 Å². The lowest BCUT2D eigenvalue weighted by Crippen LogP contribution is -2.52. The van der Waals surface area contributed by atoms with Gasteiger partial charge in [-0.2, -0.15) is 0 Å². The predicted octanol–water partition coefficient (Wildman–Crippen LogP) is 2.64. The van der Waals surface area contributed by atoms with Crippen LogP contribution in [0.5, 0.6) is 0 Å². The molecular weight excluding hydrogens is 466 g/mol. The summed E-state index contributed by atoms with van der Waals surface area (Å²) in [4.78, 5) is 26.4. The molecule has 0 saturated carbocycles. The molecule has 1 amide bonds. The summed E-state index contributed by atoms with van der Waals surface area (Å²) < 4.78 is 30.0. The molecule has 10 heteroatoms. The molecule has 1 saturated heterocycles. The van der Waals surface area contributed by atoms with Gasteiger partial charge in [-0.05, 0) is 30.3 Å². The second kappa shape index (κ2) is 8.94. The van der Waals surface area contributed by atoms with E-state index in [9.17, 15) is 13.2 Å². The number of nitrogens with zero attached hydrogens (tertiary/aromatic N) is 4. The van der Waals surface area contributed by atoms with Crippen LogP contribution in [0.3, 0.4) is 0 Å². The number of anilines is 3. The maximum atomic E-state index is 12.9. The van der Waals surface area contributed by atoms with Gasteiger partial charge in [-0.1, -0.05) is 18.2 Å². The Kier molecular flexibility index (Phi) is 5.94. The summed E-state index contributed by atoms with van der Waals surface area (Å²) in [6.45, 7) is 2.02.